The van der Waals surface area contributed by atoms with Crippen molar-refractivity contribution in [1.82, 2.24) is 10.3 Å². The van der Waals surface area contributed by atoms with Gasteiger partial charge in [-0.25, -0.2) is 4.98 Å². The number of nitro groups is 1. The van der Waals surface area contributed by atoms with Gasteiger partial charge in [0.15, 0.2) is 0 Å². The van der Waals surface area contributed by atoms with E-state index in [9.17, 15) is 10.1 Å². The molecule has 0 amide bonds. The van der Waals surface area contributed by atoms with Gasteiger partial charge in [0.05, 0.1) is 4.92 Å². The van der Waals surface area contributed by atoms with Crippen LogP contribution in [0, 0.1) is 10.1 Å². The number of rotatable bonds is 6. The molecule has 1 saturated carbocycles. The van der Waals surface area contributed by atoms with Gasteiger partial charge < -0.3 is 10.6 Å². The maximum atomic E-state index is 10.8. The number of hydrogen-bond donors (Lipinski definition) is 2. The Balaban J connectivity index is 1.74. The van der Waals surface area contributed by atoms with Crippen molar-refractivity contribution in [3.05, 3.63) is 28.4 Å². The Morgan fingerprint density at radius 2 is 2.00 bits per heavy atom. The minimum Gasteiger partial charge on any atom is -0.363 e. The number of nitrogens with zero attached hydrogens (tertiary/aromatic N) is 2. The highest BCUT2D eigenvalue weighted by Crippen LogP contribution is 2.20. The molecule has 0 spiro atoms. The number of hydrogen-bond acceptors (Lipinski definition) is 5. The zero-order valence-electron chi connectivity index (χ0n) is 11.7. The fraction of sp³-hybridized carbons (Fsp3) is 0.643. The topological polar surface area (TPSA) is 80.1 Å². The minimum absolute atomic E-state index is 0.0296. The molecule has 1 aliphatic rings. The van der Waals surface area contributed by atoms with E-state index < -0.39 is 4.92 Å². The van der Waals surface area contributed by atoms with Crippen molar-refractivity contribution < 1.29 is 4.92 Å². The highest BCUT2D eigenvalue weighted by Gasteiger charge is 2.14. The second kappa shape index (κ2) is 7.79. The average Bonchev–Trinajstić information content (AvgIpc) is 2.72. The van der Waals surface area contributed by atoms with Gasteiger partial charge in [-0.1, -0.05) is 25.7 Å². The van der Waals surface area contributed by atoms with E-state index in [4.69, 9.17) is 0 Å². The lowest BCUT2D eigenvalue weighted by Gasteiger charge is -2.16. The van der Waals surface area contributed by atoms with E-state index in [0.29, 0.717) is 18.4 Å². The summed E-state index contributed by atoms with van der Waals surface area (Å²) in [4.78, 5) is 14.5. The molecule has 1 aromatic heterocycles. The predicted molar refractivity (Wildman–Crippen MR) is 78.9 cm³/mol. The second-order valence-electron chi connectivity index (χ2n) is 5.20. The van der Waals surface area contributed by atoms with E-state index >= 15 is 0 Å². The van der Waals surface area contributed by atoms with Gasteiger partial charge >= 0.3 is 5.69 Å². The van der Waals surface area contributed by atoms with Crippen LogP contribution in [0.2, 0.25) is 0 Å². The van der Waals surface area contributed by atoms with Gasteiger partial charge in [-0.15, -0.1) is 0 Å². The molecular weight excluding hydrogens is 256 g/mol. The van der Waals surface area contributed by atoms with Crippen LogP contribution in [0.15, 0.2) is 18.3 Å². The highest BCUT2D eigenvalue weighted by molar-refractivity contribution is 5.54. The molecule has 110 valence electrons. The van der Waals surface area contributed by atoms with E-state index in [0.717, 1.165) is 6.54 Å². The molecule has 1 aliphatic carbocycles. The molecule has 0 radical (unpaired) electrons. The summed E-state index contributed by atoms with van der Waals surface area (Å²) in [6.45, 7) is 1.45. The van der Waals surface area contributed by atoms with E-state index in [2.05, 4.69) is 15.6 Å². The fourth-order valence-corrected chi connectivity index (χ4v) is 2.62. The summed E-state index contributed by atoms with van der Waals surface area (Å²) < 4.78 is 0. The van der Waals surface area contributed by atoms with Gasteiger partial charge in [0.25, 0.3) is 0 Å². The molecule has 1 heterocycles. The standard InChI is InChI=1S/C14H22N4O2/c19-18(20)13-8-5-9-16-14(13)17-11-10-15-12-6-3-1-2-4-7-12/h5,8-9,12,15H,1-4,6-7,10-11H2,(H,16,17). The Labute approximate surface area is 119 Å². The first-order valence-corrected chi connectivity index (χ1v) is 7.34. The summed E-state index contributed by atoms with van der Waals surface area (Å²) in [6, 6.07) is 3.64. The first-order valence-electron chi connectivity index (χ1n) is 7.34. The molecule has 6 nitrogen and oxygen atoms in total. The predicted octanol–water partition coefficient (Wildman–Crippen LogP) is 2.71. The Kier molecular flexibility index (Phi) is 5.73. The second-order valence-corrected chi connectivity index (χ2v) is 5.20. The van der Waals surface area contributed by atoms with Crippen LogP contribution >= 0.6 is 0 Å². The van der Waals surface area contributed by atoms with Crippen LogP contribution in [-0.4, -0.2) is 29.0 Å². The molecule has 1 fully saturated rings. The molecule has 0 aliphatic heterocycles. The van der Waals surface area contributed by atoms with Gasteiger partial charge in [0.2, 0.25) is 5.82 Å². The first-order chi connectivity index (χ1) is 9.77. The molecule has 0 unspecified atom stereocenters. The molecule has 2 N–H and O–H groups in total. The van der Waals surface area contributed by atoms with Crippen molar-refractivity contribution in [3.8, 4) is 0 Å². The molecule has 0 aromatic carbocycles. The normalized spacial score (nSPS) is 16.6. The SMILES string of the molecule is O=[N+]([O-])c1cccnc1NCCNC1CCCCCC1. The van der Waals surface area contributed by atoms with Crippen molar-refractivity contribution in [2.45, 2.75) is 44.6 Å². The van der Waals surface area contributed by atoms with Crippen molar-refractivity contribution in [2.24, 2.45) is 0 Å². The summed E-state index contributed by atoms with van der Waals surface area (Å²) in [6.07, 6.45) is 9.34. The lowest BCUT2D eigenvalue weighted by Crippen LogP contribution is -2.32. The van der Waals surface area contributed by atoms with Crippen molar-refractivity contribution in [3.63, 3.8) is 0 Å². The molecule has 0 atom stereocenters. The molecule has 2 rings (SSSR count). The third-order valence-electron chi connectivity index (χ3n) is 3.69. The van der Waals surface area contributed by atoms with E-state index in [1.165, 1.54) is 44.6 Å². The van der Waals surface area contributed by atoms with Gasteiger partial charge in [0, 0.05) is 31.4 Å². The van der Waals surface area contributed by atoms with Crippen LogP contribution in [0.3, 0.4) is 0 Å². The summed E-state index contributed by atoms with van der Waals surface area (Å²) in [7, 11) is 0. The van der Waals surface area contributed by atoms with E-state index in [-0.39, 0.29) is 5.69 Å². The first kappa shape index (κ1) is 14.7. The molecule has 6 heteroatoms. The van der Waals surface area contributed by atoms with E-state index in [1.54, 1.807) is 12.3 Å². The number of pyridine rings is 1. The molecule has 0 bridgehead atoms. The fourth-order valence-electron chi connectivity index (χ4n) is 2.62. The van der Waals surface area contributed by atoms with Crippen molar-refractivity contribution >= 4 is 11.5 Å². The maximum Gasteiger partial charge on any atom is 0.311 e. The average molecular weight is 278 g/mol. The lowest BCUT2D eigenvalue weighted by atomic mass is 10.1. The van der Waals surface area contributed by atoms with Gasteiger partial charge in [-0.2, -0.15) is 0 Å². The van der Waals surface area contributed by atoms with Gasteiger partial charge in [-0.05, 0) is 18.9 Å². The Morgan fingerprint density at radius 1 is 1.25 bits per heavy atom. The zero-order valence-corrected chi connectivity index (χ0v) is 11.7. The van der Waals surface area contributed by atoms with Crippen molar-refractivity contribution in [2.75, 3.05) is 18.4 Å². The van der Waals surface area contributed by atoms with Crippen LogP contribution in [0.5, 0.6) is 0 Å². The summed E-state index contributed by atoms with van der Waals surface area (Å²) >= 11 is 0. The smallest absolute Gasteiger partial charge is 0.311 e. The minimum atomic E-state index is -0.409. The van der Waals surface area contributed by atoms with Crippen LogP contribution < -0.4 is 10.6 Å². The largest absolute Gasteiger partial charge is 0.363 e. The Morgan fingerprint density at radius 3 is 2.70 bits per heavy atom. The number of nitrogens with one attached hydrogen (secondary N) is 2. The van der Waals surface area contributed by atoms with Gasteiger partial charge in [0.1, 0.15) is 0 Å². The monoisotopic (exact) mass is 278 g/mol. The third kappa shape index (κ3) is 4.45. The molecule has 20 heavy (non-hydrogen) atoms. The number of anilines is 1. The molecule has 1 aromatic rings. The van der Waals surface area contributed by atoms with Gasteiger partial charge in [-0.3, -0.25) is 10.1 Å². The van der Waals surface area contributed by atoms with E-state index in [1.807, 2.05) is 0 Å². The molecule has 0 saturated heterocycles. The van der Waals surface area contributed by atoms with Crippen LogP contribution in [0.25, 0.3) is 0 Å². The van der Waals surface area contributed by atoms with Crippen LogP contribution in [0.1, 0.15) is 38.5 Å². The number of aromatic nitrogens is 1. The summed E-state index contributed by atoms with van der Waals surface area (Å²) in [5.41, 5.74) is 0.0296. The summed E-state index contributed by atoms with van der Waals surface area (Å²) in [5.74, 6) is 0.347. The Bertz CT molecular complexity index is 431. The molecular formula is C14H22N4O2. The quantitative estimate of drug-likeness (QED) is 0.362. The van der Waals surface area contributed by atoms with Crippen molar-refractivity contribution in [1.29, 1.82) is 0 Å². The summed E-state index contributed by atoms with van der Waals surface area (Å²) in [5, 5.41) is 17.4. The maximum absolute atomic E-state index is 10.8. The zero-order chi connectivity index (χ0) is 14.2. The third-order valence-corrected chi connectivity index (χ3v) is 3.69. The van der Waals surface area contributed by atoms with Crippen LogP contribution in [-0.2, 0) is 0 Å². The highest BCUT2D eigenvalue weighted by atomic mass is 16.6. The lowest BCUT2D eigenvalue weighted by molar-refractivity contribution is -0.384. The van der Waals surface area contributed by atoms with Crippen LogP contribution in [0.4, 0.5) is 11.5 Å². The Hall–Kier alpha value is -1.69.